The highest BCUT2D eigenvalue weighted by atomic mass is 31.2. The molecule has 5 aromatic rings. The van der Waals surface area contributed by atoms with Gasteiger partial charge in [0.2, 0.25) is 0 Å². The zero-order chi connectivity index (χ0) is 33.5. The van der Waals surface area contributed by atoms with Crippen molar-refractivity contribution in [1.82, 2.24) is 5.32 Å². The summed E-state index contributed by atoms with van der Waals surface area (Å²) < 4.78 is 86.5. The molecule has 1 atom stereocenters. The Labute approximate surface area is 270 Å². The lowest BCUT2D eigenvalue weighted by atomic mass is 10.00. The monoisotopic (exact) mass is 662 g/mol. The van der Waals surface area contributed by atoms with Crippen LogP contribution in [0, 0.1) is 0 Å². The summed E-state index contributed by atoms with van der Waals surface area (Å²) in [5.74, 6) is 0. The van der Waals surface area contributed by atoms with Crippen LogP contribution < -0.4 is 21.2 Å². The van der Waals surface area contributed by atoms with E-state index in [-0.39, 0.29) is 24.1 Å². The first kappa shape index (κ1) is 33.8. The molecule has 0 heterocycles. The number of hydrogen-bond donors (Lipinski definition) is 1. The van der Waals surface area contributed by atoms with Crippen LogP contribution in [0.1, 0.15) is 34.7 Å². The number of alkyl halides is 6. The molecule has 0 unspecified atom stereocenters. The molecule has 0 fully saturated rings. The molecule has 5 aromatic carbocycles. The van der Waals surface area contributed by atoms with Gasteiger partial charge in [0.05, 0.1) is 24.2 Å². The van der Waals surface area contributed by atoms with Gasteiger partial charge >= 0.3 is 12.4 Å². The van der Waals surface area contributed by atoms with Gasteiger partial charge in [-0.2, -0.15) is 26.3 Å². The van der Waals surface area contributed by atoms with E-state index in [1.165, 1.54) is 0 Å². The van der Waals surface area contributed by atoms with Crippen molar-refractivity contribution in [2.45, 2.75) is 31.2 Å². The maximum absolute atomic E-state index is 13.5. The van der Waals surface area contributed by atoms with Crippen LogP contribution in [0.5, 0.6) is 0 Å². The van der Waals surface area contributed by atoms with E-state index in [0.717, 1.165) is 33.6 Å². The summed E-state index contributed by atoms with van der Waals surface area (Å²) in [5.41, 5.74) is -1.65. The molecule has 0 spiro atoms. The SMILES string of the molecule is C=C(Cc1cc(C(F)(F)F)cc(C(F)(F)F)c1)N[C@@H](CCN=P(c1ccccc1)(c1ccccc1)c1ccccc1)c1ccccc1. The fraction of sp³-hybridized carbons (Fsp3) is 0.158. The van der Waals surface area contributed by atoms with E-state index in [9.17, 15) is 26.3 Å². The van der Waals surface area contributed by atoms with Crippen molar-refractivity contribution in [3.63, 3.8) is 0 Å². The summed E-state index contributed by atoms with van der Waals surface area (Å²) in [5, 5.41) is 6.58. The van der Waals surface area contributed by atoms with Crippen LogP contribution in [0.15, 0.2) is 157 Å². The Hall–Kier alpha value is -4.55. The normalized spacial score (nSPS) is 12.7. The van der Waals surface area contributed by atoms with E-state index < -0.39 is 30.5 Å². The van der Waals surface area contributed by atoms with E-state index in [1.807, 2.05) is 84.9 Å². The highest BCUT2D eigenvalue weighted by molar-refractivity contribution is 7.87. The zero-order valence-electron chi connectivity index (χ0n) is 25.3. The fourth-order valence-electron chi connectivity index (χ4n) is 5.63. The van der Waals surface area contributed by atoms with Crippen LogP contribution in [-0.4, -0.2) is 6.54 Å². The van der Waals surface area contributed by atoms with Gasteiger partial charge in [-0.1, -0.05) is 128 Å². The lowest BCUT2D eigenvalue weighted by Gasteiger charge is -2.28. The Morgan fingerprint density at radius 1 is 0.617 bits per heavy atom. The molecule has 0 saturated heterocycles. The van der Waals surface area contributed by atoms with Crippen molar-refractivity contribution in [3.05, 3.63) is 174 Å². The molecule has 0 saturated carbocycles. The number of nitrogens with zero attached hydrogens (tertiary/aromatic N) is 1. The van der Waals surface area contributed by atoms with Crippen molar-refractivity contribution >= 4 is 23.0 Å². The second-order valence-electron chi connectivity index (χ2n) is 11.1. The Kier molecular flexibility index (Phi) is 10.4. The smallest absolute Gasteiger partial charge is 0.382 e. The summed E-state index contributed by atoms with van der Waals surface area (Å²) in [6, 6.07) is 41.2. The van der Waals surface area contributed by atoms with Crippen LogP contribution in [0.3, 0.4) is 0 Å². The summed E-state index contributed by atoms with van der Waals surface area (Å²) in [7, 11) is -2.47. The molecule has 0 aliphatic heterocycles. The van der Waals surface area contributed by atoms with E-state index in [0.29, 0.717) is 18.7 Å². The summed E-state index contributed by atoms with van der Waals surface area (Å²) in [6.07, 6.45) is -9.58. The van der Waals surface area contributed by atoms with Gasteiger partial charge in [-0.3, -0.25) is 4.74 Å². The number of halogens is 6. The predicted molar refractivity (Wildman–Crippen MR) is 179 cm³/mol. The molecule has 0 radical (unpaired) electrons. The van der Waals surface area contributed by atoms with E-state index >= 15 is 0 Å². The number of nitrogens with one attached hydrogen (secondary N) is 1. The van der Waals surface area contributed by atoms with Gasteiger partial charge in [0.1, 0.15) is 0 Å². The van der Waals surface area contributed by atoms with Crippen molar-refractivity contribution in [3.8, 4) is 0 Å². The molecule has 2 nitrogen and oxygen atoms in total. The first-order valence-corrected chi connectivity index (χ1v) is 16.7. The molecule has 0 aliphatic carbocycles. The van der Waals surface area contributed by atoms with Gasteiger partial charge in [-0.05, 0) is 35.7 Å². The van der Waals surface area contributed by atoms with Gasteiger partial charge < -0.3 is 5.32 Å². The molecule has 47 heavy (non-hydrogen) atoms. The Balaban J connectivity index is 1.49. The first-order valence-electron chi connectivity index (χ1n) is 15.0. The average molecular weight is 663 g/mol. The van der Waals surface area contributed by atoms with Crippen molar-refractivity contribution in [2.24, 2.45) is 4.74 Å². The molecule has 0 aromatic heterocycles. The molecule has 5 rings (SSSR count). The van der Waals surface area contributed by atoms with Gasteiger partial charge in [-0.15, -0.1) is 0 Å². The fourth-order valence-corrected chi connectivity index (χ4v) is 9.24. The lowest BCUT2D eigenvalue weighted by molar-refractivity contribution is -0.143. The third kappa shape index (κ3) is 8.25. The number of rotatable bonds is 11. The van der Waals surface area contributed by atoms with E-state index in [4.69, 9.17) is 4.74 Å². The quantitative estimate of drug-likeness (QED) is 0.111. The summed E-state index contributed by atoms with van der Waals surface area (Å²) in [6.45, 7) is 4.41. The minimum Gasteiger partial charge on any atom is -0.382 e. The molecule has 1 N–H and O–H groups in total. The Morgan fingerprint density at radius 3 is 1.43 bits per heavy atom. The standard InChI is InChI=1S/C38H33F6N2P/c1-28(24-29-25-31(37(39,40)41)27-32(26-29)38(42,43)44)46-36(30-14-6-2-7-15-30)22-23-45-47(33-16-8-3-9-17-33,34-18-10-4-11-19-34)35-20-12-5-13-21-35/h2-21,25-27,36,46H,1,22-24H2/t36-/m0/s1. The zero-order valence-corrected chi connectivity index (χ0v) is 26.2. The minimum atomic E-state index is -4.93. The van der Waals surface area contributed by atoms with E-state index in [2.05, 4.69) is 48.3 Å². The third-order valence-electron chi connectivity index (χ3n) is 7.76. The number of allylic oxidation sites excluding steroid dienone is 1. The molecule has 9 heteroatoms. The lowest BCUT2D eigenvalue weighted by Crippen LogP contribution is -2.26. The second-order valence-corrected chi connectivity index (χ2v) is 14.2. The number of benzene rings is 5. The van der Waals surface area contributed by atoms with Crippen molar-refractivity contribution < 1.29 is 26.3 Å². The molecule has 0 aliphatic rings. The highest BCUT2D eigenvalue weighted by Crippen LogP contribution is 2.46. The molecular formula is C38H33F6N2P. The van der Waals surface area contributed by atoms with Crippen molar-refractivity contribution in [2.75, 3.05) is 6.54 Å². The predicted octanol–water partition coefficient (Wildman–Crippen LogP) is 9.68. The third-order valence-corrected chi connectivity index (χ3v) is 11.5. The maximum atomic E-state index is 13.5. The van der Waals surface area contributed by atoms with Crippen molar-refractivity contribution in [1.29, 1.82) is 0 Å². The second kappa shape index (κ2) is 14.5. The van der Waals surface area contributed by atoms with Crippen LogP contribution in [-0.2, 0) is 18.8 Å². The van der Waals surface area contributed by atoms with Crippen LogP contribution in [0.25, 0.3) is 0 Å². The summed E-state index contributed by atoms with van der Waals surface area (Å²) in [4.78, 5) is 0. The molecule has 0 bridgehead atoms. The molecule has 242 valence electrons. The van der Waals surface area contributed by atoms with Gasteiger partial charge in [-0.25, -0.2) is 0 Å². The molecular weight excluding hydrogens is 629 g/mol. The summed E-state index contributed by atoms with van der Waals surface area (Å²) >= 11 is 0. The Morgan fingerprint density at radius 2 is 1.02 bits per heavy atom. The Bertz CT molecular complexity index is 1690. The van der Waals surface area contributed by atoms with Gasteiger partial charge in [0, 0.05) is 34.6 Å². The van der Waals surface area contributed by atoms with Crippen LogP contribution in [0.4, 0.5) is 26.3 Å². The largest absolute Gasteiger partial charge is 0.416 e. The van der Waals surface area contributed by atoms with E-state index in [1.54, 1.807) is 0 Å². The minimum absolute atomic E-state index is 0.134. The average Bonchev–Trinajstić information content (AvgIpc) is 3.07. The molecule has 0 amide bonds. The first-order chi connectivity index (χ1) is 22.5. The highest BCUT2D eigenvalue weighted by Gasteiger charge is 2.37. The van der Waals surface area contributed by atoms with Gasteiger partial charge in [0.15, 0.2) is 0 Å². The van der Waals surface area contributed by atoms with Gasteiger partial charge in [0.25, 0.3) is 0 Å². The maximum Gasteiger partial charge on any atom is 0.416 e. The number of hydrogen-bond acceptors (Lipinski definition) is 2. The van der Waals surface area contributed by atoms with Crippen LogP contribution >= 0.6 is 7.05 Å². The topological polar surface area (TPSA) is 24.4 Å². The van der Waals surface area contributed by atoms with Crippen LogP contribution in [0.2, 0.25) is 0 Å².